The van der Waals surface area contributed by atoms with Crippen molar-refractivity contribution in [1.82, 2.24) is 9.78 Å². The zero-order chi connectivity index (χ0) is 16.2. The Kier molecular flexibility index (Phi) is 4.31. The van der Waals surface area contributed by atoms with Crippen LogP contribution >= 0.6 is 11.6 Å². The van der Waals surface area contributed by atoms with E-state index in [-0.39, 0.29) is 6.04 Å². The van der Waals surface area contributed by atoms with Gasteiger partial charge in [-0.1, -0.05) is 29.8 Å². The van der Waals surface area contributed by atoms with E-state index in [2.05, 4.69) is 29.5 Å². The van der Waals surface area contributed by atoms with E-state index in [1.165, 1.54) is 0 Å². The molecule has 0 bridgehead atoms. The number of nitrogens with zero attached hydrogens (tertiary/aromatic N) is 3. The summed E-state index contributed by atoms with van der Waals surface area (Å²) in [5.74, 6) is 0. The molecule has 5 heteroatoms. The summed E-state index contributed by atoms with van der Waals surface area (Å²) in [6.45, 7) is 2.08. The van der Waals surface area contributed by atoms with Gasteiger partial charge in [0.25, 0.3) is 0 Å². The third kappa shape index (κ3) is 3.20. The predicted octanol–water partition coefficient (Wildman–Crippen LogP) is 4.57. The number of halogens is 1. The molecule has 1 aromatic heterocycles. The van der Waals surface area contributed by atoms with Gasteiger partial charge in [-0.15, -0.1) is 0 Å². The SMILES string of the molecule is CC(Nc1ccc(C#N)c(Cl)c1)c1ccccc1-n1cccn1. The molecular formula is C18H15ClN4. The molecular weight excluding hydrogens is 308 g/mol. The van der Waals surface area contributed by atoms with E-state index in [1.54, 1.807) is 18.3 Å². The maximum Gasteiger partial charge on any atom is 0.101 e. The molecule has 23 heavy (non-hydrogen) atoms. The van der Waals surface area contributed by atoms with Gasteiger partial charge in [-0.3, -0.25) is 0 Å². The zero-order valence-corrected chi connectivity index (χ0v) is 13.3. The minimum Gasteiger partial charge on any atom is -0.378 e. The lowest BCUT2D eigenvalue weighted by Gasteiger charge is -2.19. The van der Waals surface area contributed by atoms with Gasteiger partial charge >= 0.3 is 0 Å². The Morgan fingerprint density at radius 2 is 2.04 bits per heavy atom. The highest BCUT2D eigenvalue weighted by Gasteiger charge is 2.12. The Morgan fingerprint density at radius 3 is 2.74 bits per heavy atom. The first-order valence-electron chi connectivity index (χ1n) is 7.24. The average Bonchev–Trinajstić information content (AvgIpc) is 3.09. The fourth-order valence-electron chi connectivity index (χ4n) is 2.50. The van der Waals surface area contributed by atoms with Gasteiger partial charge in [-0.05, 0) is 42.8 Å². The van der Waals surface area contributed by atoms with Gasteiger partial charge in [0.05, 0.1) is 22.3 Å². The monoisotopic (exact) mass is 322 g/mol. The molecule has 0 fully saturated rings. The third-order valence-corrected chi connectivity index (χ3v) is 3.94. The highest BCUT2D eigenvalue weighted by Crippen LogP contribution is 2.27. The van der Waals surface area contributed by atoms with E-state index in [9.17, 15) is 0 Å². The van der Waals surface area contributed by atoms with Crippen LogP contribution in [0, 0.1) is 11.3 Å². The van der Waals surface area contributed by atoms with Crippen molar-refractivity contribution in [2.24, 2.45) is 0 Å². The fourth-order valence-corrected chi connectivity index (χ4v) is 2.72. The lowest BCUT2D eigenvalue weighted by Crippen LogP contribution is -2.10. The highest BCUT2D eigenvalue weighted by atomic mass is 35.5. The maximum atomic E-state index is 8.95. The van der Waals surface area contributed by atoms with Gasteiger partial charge < -0.3 is 5.32 Å². The summed E-state index contributed by atoms with van der Waals surface area (Å²) in [5.41, 5.74) is 3.49. The Hall–Kier alpha value is -2.77. The number of hydrogen-bond donors (Lipinski definition) is 1. The van der Waals surface area contributed by atoms with E-state index >= 15 is 0 Å². The average molecular weight is 323 g/mol. The highest BCUT2D eigenvalue weighted by molar-refractivity contribution is 6.32. The topological polar surface area (TPSA) is 53.6 Å². The molecule has 2 aromatic carbocycles. The van der Waals surface area contributed by atoms with E-state index in [0.717, 1.165) is 16.9 Å². The number of para-hydroxylation sites is 1. The van der Waals surface area contributed by atoms with Crippen molar-refractivity contribution in [2.75, 3.05) is 5.32 Å². The van der Waals surface area contributed by atoms with Crippen molar-refractivity contribution in [3.63, 3.8) is 0 Å². The molecule has 0 radical (unpaired) electrons. The van der Waals surface area contributed by atoms with Crippen LogP contribution < -0.4 is 5.32 Å². The summed E-state index contributed by atoms with van der Waals surface area (Å²) < 4.78 is 1.85. The van der Waals surface area contributed by atoms with Crippen LogP contribution in [0.25, 0.3) is 5.69 Å². The van der Waals surface area contributed by atoms with Crippen LogP contribution in [0.15, 0.2) is 60.9 Å². The molecule has 0 aliphatic rings. The largest absolute Gasteiger partial charge is 0.378 e. The summed E-state index contributed by atoms with van der Waals surface area (Å²) in [4.78, 5) is 0. The van der Waals surface area contributed by atoms with Crippen LogP contribution in [-0.2, 0) is 0 Å². The molecule has 1 N–H and O–H groups in total. The molecule has 0 spiro atoms. The van der Waals surface area contributed by atoms with Crippen molar-refractivity contribution in [2.45, 2.75) is 13.0 Å². The number of nitrogens with one attached hydrogen (secondary N) is 1. The second-order valence-corrected chi connectivity index (χ2v) is 5.59. The second-order valence-electron chi connectivity index (χ2n) is 5.18. The van der Waals surface area contributed by atoms with Crippen LogP contribution in [-0.4, -0.2) is 9.78 Å². The van der Waals surface area contributed by atoms with Gasteiger partial charge in [0.2, 0.25) is 0 Å². The van der Waals surface area contributed by atoms with Crippen molar-refractivity contribution in [1.29, 1.82) is 5.26 Å². The van der Waals surface area contributed by atoms with Crippen LogP contribution in [0.4, 0.5) is 5.69 Å². The maximum absolute atomic E-state index is 8.95. The molecule has 3 aromatic rings. The van der Waals surface area contributed by atoms with E-state index in [0.29, 0.717) is 10.6 Å². The van der Waals surface area contributed by atoms with Gasteiger partial charge in [-0.2, -0.15) is 10.4 Å². The number of rotatable bonds is 4. The molecule has 3 rings (SSSR count). The third-order valence-electron chi connectivity index (χ3n) is 3.63. The molecule has 0 saturated heterocycles. The molecule has 114 valence electrons. The quantitative estimate of drug-likeness (QED) is 0.765. The first-order valence-corrected chi connectivity index (χ1v) is 7.62. The molecule has 1 unspecified atom stereocenters. The number of hydrogen-bond acceptors (Lipinski definition) is 3. The normalized spacial score (nSPS) is 11.7. The molecule has 1 atom stereocenters. The Bertz CT molecular complexity index is 850. The van der Waals surface area contributed by atoms with Crippen molar-refractivity contribution >= 4 is 17.3 Å². The van der Waals surface area contributed by atoms with Crippen molar-refractivity contribution in [3.8, 4) is 11.8 Å². The first-order chi connectivity index (χ1) is 11.2. The molecule has 0 aliphatic heterocycles. The summed E-state index contributed by atoms with van der Waals surface area (Å²) in [5, 5.41) is 17.1. The molecule has 1 heterocycles. The summed E-state index contributed by atoms with van der Waals surface area (Å²) in [6.07, 6.45) is 3.68. The zero-order valence-electron chi connectivity index (χ0n) is 12.6. The van der Waals surface area contributed by atoms with Crippen molar-refractivity contribution in [3.05, 3.63) is 77.1 Å². The smallest absolute Gasteiger partial charge is 0.101 e. The molecule has 0 saturated carbocycles. The fraction of sp³-hybridized carbons (Fsp3) is 0.111. The lowest BCUT2D eigenvalue weighted by atomic mass is 10.1. The Balaban J connectivity index is 1.89. The van der Waals surface area contributed by atoms with Crippen LogP contribution in [0.2, 0.25) is 5.02 Å². The number of anilines is 1. The predicted molar refractivity (Wildman–Crippen MR) is 91.8 cm³/mol. The van der Waals surface area contributed by atoms with Gasteiger partial charge in [0.1, 0.15) is 6.07 Å². The van der Waals surface area contributed by atoms with Gasteiger partial charge in [0.15, 0.2) is 0 Å². The van der Waals surface area contributed by atoms with Gasteiger partial charge in [0, 0.05) is 18.1 Å². The minimum absolute atomic E-state index is 0.0550. The summed E-state index contributed by atoms with van der Waals surface area (Å²) >= 11 is 6.09. The van der Waals surface area contributed by atoms with Crippen molar-refractivity contribution < 1.29 is 0 Å². The summed E-state index contributed by atoms with van der Waals surface area (Å²) in [6, 6.07) is 17.5. The van der Waals surface area contributed by atoms with E-state index in [4.69, 9.17) is 16.9 Å². The number of aromatic nitrogens is 2. The lowest BCUT2D eigenvalue weighted by molar-refractivity contribution is 0.818. The number of nitriles is 1. The molecule has 4 nitrogen and oxygen atoms in total. The Labute approximate surface area is 139 Å². The molecule has 0 amide bonds. The van der Waals surface area contributed by atoms with Crippen LogP contribution in [0.5, 0.6) is 0 Å². The summed E-state index contributed by atoms with van der Waals surface area (Å²) in [7, 11) is 0. The number of benzene rings is 2. The van der Waals surface area contributed by atoms with Gasteiger partial charge in [-0.25, -0.2) is 4.68 Å². The first kappa shape index (κ1) is 15.1. The molecule has 0 aliphatic carbocycles. The van der Waals surface area contributed by atoms with Crippen LogP contribution in [0.3, 0.4) is 0 Å². The standard InChI is InChI=1S/C18H15ClN4/c1-13(22-15-8-7-14(12-20)17(19)11-15)16-5-2-3-6-18(16)23-10-4-9-21-23/h2-11,13,22H,1H3. The van der Waals surface area contributed by atoms with Crippen LogP contribution in [0.1, 0.15) is 24.1 Å². The minimum atomic E-state index is 0.0550. The van der Waals surface area contributed by atoms with E-state index < -0.39 is 0 Å². The second kappa shape index (κ2) is 6.55. The van der Waals surface area contributed by atoms with E-state index in [1.807, 2.05) is 41.2 Å². The Morgan fingerprint density at radius 1 is 1.22 bits per heavy atom.